The monoisotopic (exact) mass is 349 g/mol. The summed E-state index contributed by atoms with van der Waals surface area (Å²) in [5.41, 5.74) is 3.84. The SMILES string of the molecule is CCOc1ccc(NC(=S)Nc2ccc(-c3ccccn3)cc2)cc1. The summed E-state index contributed by atoms with van der Waals surface area (Å²) in [7, 11) is 0. The van der Waals surface area contributed by atoms with Crippen LogP contribution in [-0.2, 0) is 0 Å². The minimum Gasteiger partial charge on any atom is -0.494 e. The third kappa shape index (κ3) is 4.78. The Bertz CT molecular complexity index is 818. The fourth-order valence-corrected chi connectivity index (χ4v) is 2.59. The van der Waals surface area contributed by atoms with Gasteiger partial charge < -0.3 is 15.4 Å². The molecule has 1 aromatic heterocycles. The van der Waals surface area contributed by atoms with Crippen molar-refractivity contribution in [2.75, 3.05) is 17.2 Å². The van der Waals surface area contributed by atoms with Crippen LogP contribution in [0.1, 0.15) is 6.92 Å². The Hall–Kier alpha value is -2.92. The lowest BCUT2D eigenvalue weighted by molar-refractivity contribution is 0.340. The van der Waals surface area contributed by atoms with E-state index < -0.39 is 0 Å². The van der Waals surface area contributed by atoms with E-state index >= 15 is 0 Å². The molecule has 0 aliphatic rings. The van der Waals surface area contributed by atoms with Crippen molar-refractivity contribution in [3.05, 3.63) is 72.9 Å². The molecule has 0 spiro atoms. The summed E-state index contributed by atoms with van der Waals surface area (Å²) in [6.45, 7) is 2.62. The maximum atomic E-state index is 5.43. The predicted octanol–water partition coefficient (Wildman–Crippen LogP) is 4.96. The van der Waals surface area contributed by atoms with Gasteiger partial charge in [0.25, 0.3) is 0 Å². The van der Waals surface area contributed by atoms with E-state index in [2.05, 4.69) is 15.6 Å². The van der Waals surface area contributed by atoms with E-state index in [0.717, 1.165) is 28.4 Å². The molecule has 5 heteroatoms. The van der Waals surface area contributed by atoms with Crippen LogP contribution in [0.2, 0.25) is 0 Å². The molecule has 3 rings (SSSR count). The standard InChI is InChI=1S/C20H19N3OS/c1-2-24-18-12-10-17(11-13-18)23-20(25)22-16-8-6-15(7-9-16)19-5-3-4-14-21-19/h3-14H,2H2,1H3,(H2,22,23,25). The molecule has 0 atom stereocenters. The molecule has 0 aliphatic carbocycles. The Balaban J connectivity index is 1.59. The number of nitrogens with zero attached hydrogens (tertiary/aromatic N) is 1. The largest absolute Gasteiger partial charge is 0.494 e. The highest BCUT2D eigenvalue weighted by Gasteiger charge is 2.02. The molecule has 2 aromatic carbocycles. The lowest BCUT2D eigenvalue weighted by Crippen LogP contribution is -2.18. The van der Waals surface area contributed by atoms with Crippen LogP contribution in [0, 0.1) is 0 Å². The van der Waals surface area contributed by atoms with Crippen LogP contribution in [0.15, 0.2) is 72.9 Å². The normalized spacial score (nSPS) is 10.1. The van der Waals surface area contributed by atoms with E-state index in [1.165, 1.54) is 0 Å². The zero-order valence-corrected chi connectivity index (χ0v) is 14.7. The van der Waals surface area contributed by atoms with Crippen molar-refractivity contribution in [3.8, 4) is 17.0 Å². The molecule has 4 nitrogen and oxygen atoms in total. The van der Waals surface area contributed by atoms with Gasteiger partial charge in [-0.1, -0.05) is 18.2 Å². The summed E-state index contributed by atoms with van der Waals surface area (Å²) in [4.78, 5) is 4.35. The molecule has 0 saturated carbocycles. The third-order valence-electron chi connectivity index (χ3n) is 3.53. The van der Waals surface area contributed by atoms with Gasteiger partial charge in [0.15, 0.2) is 5.11 Å². The number of ether oxygens (including phenoxy) is 1. The van der Waals surface area contributed by atoms with E-state index in [4.69, 9.17) is 17.0 Å². The quantitative estimate of drug-likeness (QED) is 0.638. The van der Waals surface area contributed by atoms with Gasteiger partial charge in [-0.3, -0.25) is 4.98 Å². The van der Waals surface area contributed by atoms with Crippen LogP contribution in [0.25, 0.3) is 11.3 Å². The predicted molar refractivity (Wildman–Crippen MR) is 107 cm³/mol. The third-order valence-corrected chi connectivity index (χ3v) is 3.73. The maximum Gasteiger partial charge on any atom is 0.175 e. The average Bonchev–Trinajstić information content (AvgIpc) is 2.65. The minimum absolute atomic E-state index is 0.537. The summed E-state index contributed by atoms with van der Waals surface area (Å²) in [5, 5.41) is 6.87. The molecular formula is C20H19N3OS. The van der Waals surface area contributed by atoms with Crippen molar-refractivity contribution in [1.29, 1.82) is 0 Å². The smallest absolute Gasteiger partial charge is 0.175 e. The van der Waals surface area contributed by atoms with Crippen LogP contribution in [0.4, 0.5) is 11.4 Å². The zero-order valence-electron chi connectivity index (χ0n) is 13.9. The molecule has 2 N–H and O–H groups in total. The lowest BCUT2D eigenvalue weighted by atomic mass is 10.1. The Morgan fingerprint density at radius 2 is 1.56 bits per heavy atom. The van der Waals surface area contributed by atoms with Gasteiger partial charge in [-0.25, -0.2) is 0 Å². The average molecular weight is 349 g/mol. The molecule has 0 bridgehead atoms. The van der Waals surface area contributed by atoms with Gasteiger partial charge in [-0.2, -0.15) is 0 Å². The second-order valence-electron chi connectivity index (χ2n) is 5.33. The summed E-state index contributed by atoms with van der Waals surface area (Å²) in [6, 6.07) is 21.6. The Labute approximate surface area is 152 Å². The Morgan fingerprint density at radius 1 is 0.920 bits per heavy atom. The van der Waals surface area contributed by atoms with Gasteiger partial charge in [0.05, 0.1) is 12.3 Å². The summed E-state index contributed by atoms with van der Waals surface area (Å²) in [5.74, 6) is 0.844. The summed E-state index contributed by atoms with van der Waals surface area (Å²) in [6.07, 6.45) is 1.79. The van der Waals surface area contributed by atoms with E-state index in [1.807, 2.05) is 73.7 Å². The van der Waals surface area contributed by atoms with Crippen molar-refractivity contribution >= 4 is 28.7 Å². The molecule has 25 heavy (non-hydrogen) atoms. The van der Waals surface area contributed by atoms with Gasteiger partial charge in [0.2, 0.25) is 0 Å². The van der Waals surface area contributed by atoms with E-state index in [0.29, 0.717) is 11.7 Å². The highest BCUT2D eigenvalue weighted by Crippen LogP contribution is 2.20. The van der Waals surface area contributed by atoms with Crippen molar-refractivity contribution in [3.63, 3.8) is 0 Å². The van der Waals surface area contributed by atoms with Crippen molar-refractivity contribution < 1.29 is 4.74 Å². The molecular weight excluding hydrogens is 330 g/mol. The molecule has 0 amide bonds. The maximum absolute atomic E-state index is 5.43. The molecule has 1 heterocycles. The Kier molecular flexibility index (Phi) is 5.59. The van der Waals surface area contributed by atoms with Gasteiger partial charge in [-0.15, -0.1) is 0 Å². The van der Waals surface area contributed by atoms with Gasteiger partial charge in [0, 0.05) is 23.1 Å². The second kappa shape index (κ2) is 8.26. The first-order valence-corrected chi connectivity index (χ1v) is 8.48. The number of benzene rings is 2. The number of anilines is 2. The molecule has 0 saturated heterocycles. The van der Waals surface area contributed by atoms with Crippen LogP contribution in [-0.4, -0.2) is 16.7 Å². The van der Waals surface area contributed by atoms with Crippen LogP contribution >= 0.6 is 12.2 Å². The number of pyridine rings is 1. The van der Waals surface area contributed by atoms with E-state index in [9.17, 15) is 0 Å². The van der Waals surface area contributed by atoms with Gasteiger partial charge >= 0.3 is 0 Å². The van der Waals surface area contributed by atoms with Crippen LogP contribution in [0.3, 0.4) is 0 Å². The number of thiocarbonyl (C=S) groups is 1. The van der Waals surface area contributed by atoms with Crippen molar-refractivity contribution in [1.82, 2.24) is 4.98 Å². The highest BCUT2D eigenvalue weighted by atomic mass is 32.1. The molecule has 0 unspecified atom stereocenters. The molecule has 126 valence electrons. The summed E-state index contributed by atoms with van der Waals surface area (Å²) >= 11 is 5.36. The first-order chi connectivity index (χ1) is 12.2. The highest BCUT2D eigenvalue weighted by molar-refractivity contribution is 7.80. The number of nitrogens with one attached hydrogen (secondary N) is 2. The number of rotatable bonds is 5. The van der Waals surface area contributed by atoms with E-state index in [1.54, 1.807) is 6.20 Å². The van der Waals surface area contributed by atoms with Crippen LogP contribution < -0.4 is 15.4 Å². The molecule has 3 aromatic rings. The second-order valence-corrected chi connectivity index (χ2v) is 5.74. The fourth-order valence-electron chi connectivity index (χ4n) is 2.35. The first kappa shape index (κ1) is 16.9. The number of hydrogen-bond acceptors (Lipinski definition) is 3. The van der Waals surface area contributed by atoms with E-state index in [-0.39, 0.29) is 0 Å². The molecule has 0 aliphatic heterocycles. The number of aromatic nitrogens is 1. The number of hydrogen-bond donors (Lipinski definition) is 2. The van der Waals surface area contributed by atoms with Crippen molar-refractivity contribution in [2.45, 2.75) is 6.92 Å². The molecule has 0 fully saturated rings. The van der Waals surface area contributed by atoms with Crippen molar-refractivity contribution in [2.24, 2.45) is 0 Å². The summed E-state index contributed by atoms with van der Waals surface area (Å²) < 4.78 is 5.43. The van der Waals surface area contributed by atoms with Gasteiger partial charge in [-0.05, 0) is 67.7 Å². The van der Waals surface area contributed by atoms with Crippen LogP contribution in [0.5, 0.6) is 5.75 Å². The fraction of sp³-hybridized carbons (Fsp3) is 0.100. The van der Waals surface area contributed by atoms with Gasteiger partial charge in [0.1, 0.15) is 5.75 Å². The Morgan fingerprint density at radius 3 is 2.12 bits per heavy atom. The zero-order chi connectivity index (χ0) is 17.5. The minimum atomic E-state index is 0.537. The lowest BCUT2D eigenvalue weighted by Gasteiger charge is -2.11. The topological polar surface area (TPSA) is 46.2 Å². The molecule has 0 radical (unpaired) electrons. The first-order valence-electron chi connectivity index (χ1n) is 8.07.